The topological polar surface area (TPSA) is 74.8 Å². The molecule has 0 aliphatic carbocycles. The fourth-order valence-electron chi connectivity index (χ4n) is 3.40. The Hall–Kier alpha value is -3.41. The van der Waals surface area contributed by atoms with E-state index in [0.717, 1.165) is 12.1 Å². The molecule has 3 heterocycles. The molecule has 0 atom stereocenters. The summed E-state index contributed by atoms with van der Waals surface area (Å²) in [6.07, 6.45) is 0.0780. The van der Waals surface area contributed by atoms with Crippen LogP contribution >= 0.6 is 0 Å². The van der Waals surface area contributed by atoms with Gasteiger partial charge >= 0.3 is 0 Å². The highest BCUT2D eigenvalue weighted by Crippen LogP contribution is 2.30. The third-order valence-electron chi connectivity index (χ3n) is 5.05. The van der Waals surface area contributed by atoms with Crippen LogP contribution in [0.3, 0.4) is 0 Å². The lowest BCUT2D eigenvalue weighted by atomic mass is 9.84. The van der Waals surface area contributed by atoms with Gasteiger partial charge in [0, 0.05) is 24.8 Å². The molecule has 0 spiro atoms. The second-order valence-corrected chi connectivity index (χ2v) is 7.39. The number of fused-ring (bicyclic) bond motifs is 1. The first-order chi connectivity index (χ1) is 13.8. The Morgan fingerprint density at radius 1 is 1.28 bits per heavy atom. The second kappa shape index (κ2) is 6.88. The molecule has 6 nitrogen and oxygen atoms in total. The molecule has 0 radical (unpaired) electrons. The molecule has 1 aliphatic rings. The maximum atomic E-state index is 13.6. The molecule has 0 bridgehead atoms. The van der Waals surface area contributed by atoms with Gasteiger partial charge in [0.25, 0.3) is 6.43 Å². The van der Waals surface area contributed by atoms with Crippen molar-refractivity contribution in [2.24, 2.45) is 5.41 Å². The monoisotopic (exact) mass is 399 g/mol. The number of nitriles is 1. The number of rotatable bonds is 4. The van der Waals surface area contributed by atoms with Gasteiger partial charge < -0.3 is 4.90 Å². The maximum Gasteiger partial charge on any atom is 0.266 e. The van der Waals surface area contributed by atoms with Gasteiger partial charge in [-0.25, -0.2) is 13.2 Å². The van der Waals surface area contributed by atoms with Crippen molar-refractivity contribution in [1.82, 2.24) is 19.7 Å². The summed E-state index contributed by atoms with van der Waals surface area (Å²) >= 11 is 0. The number of nitrogens with zero attached hydrogens (tertiary/aromatic N) is 5. The molecule has 9 heteroatoms. The minimum atomic E-state index is -2.93. The number of alkyl halides is 2. The smallest absolute Gasteiger partial charge is 0.266 e. The number of hydrogen-bond acceptors (Lipinski definition) is 4. The van der Waals surface area contributed by atoms with Crippen molar-refractivity contribution < 1.29 is 18.0 Å². The first kappa shape index (κ1) is 18.9. The van der Waals surface area contributed by atoms with Crippen molar-refractivity contribution in [3.8, 4) is 17.2 Å². The van der Waals surface area contributed by atoms with E-state index in [1.165, 1.54) is 23.1 Å². The zero-order valence-corrected chi connectivity index (χ0v) is 15.4. The number of carbonyl (C=O) groups is 1. The zero-order valence-electron chi connectivity index (χ0n) is 15.4. The van der Waals surface area contributed by atoms with Gasteiger partial charge in [-0.05, 0) is 30.7 Å². The molecule has 1 fully saturated rings. The van der Waals surface area contributed by atoms with Crippen molar-refractivity contribution in [3.05, 3.63) is 48.0 Å². The molecule has 3 aromatic rings. The van der Waals surface area contributed by atoms with Crippen LogP contribution in [0.4, 0.5) is 13.2 Å². The van der Waals surface area contributed by atoms with Crippen molar-refractivity contribution in [2.45, 2.75) is 19.9 Å². The number of hydrogen-bond donors (Lipinski definition) is 0. The van der Waals surface area contributed by atoms with E-state index in [1.54, 1.807) is 17.9 Å². The van der Waals surface area contributed by atoms with Gasteiger partial charge in [0.2, 0.25) is 5.91 Å². The SMILES string of the molecule is CC1(C#N)CN(C(=O)Cn2ncc3ncc(-c4ccc(F)c(C(F)F)c4)cc32)C1. The van der Waals surface area contributed by atoms with Gasteiger partial charge in [0.05, 0.1) is 28.8 Å². The molecule has 2 aromatic heterocycles. The van der Waals surface area contributed by atoms with Gasteiger partial charge in [-0.15, -0.1) is 0 Å². The molecule has 1 aliphatic heterocycles. The van der Waals surface area contributed by atoms with E-state index in [1.807, 2.05) is 0 Å². The Morgan fingerprint density at radius 3 is 2.72 bits per heavy atom. The standard InChI is InChI=1S/C20H16F3N5O/c1-20(9-24)10-27(11-20)18(29)8-28-17-5-13(6-25-16(17)7-26-28)12-2-3-15(21)14(4-12)19(22)23/h2-7,19H,8,10-11H2,1H3. The first-order valence-electron chi connectivity index (χ1n) is 8.88. The third-order valence-corrected chi connectivity index (χ3v) is 5.05. The highest BCUT2D eigenvalue weighted by molar-refractivity contribution is 5.83. The lowest BCUT2D eigenvalue weighted by Gasteiger charge is -2.43. The van der Waals surface area contributed by atoms with Crippen LogP contribution in [0.25, 0.3) is 22.2 Å². The van der Waals surface area contributed by atoms with Gasteiger partial charge in [-0.1, -0.05) is 6.07 Å². The summed E-state index contributed by atoms with van der Waals surface area (Å²) in [5, 5.41) is 13.3. The molecule has 1 amide bonds. The predicted molar refractivity (Wildman–Crippen MR) is 98.2 cm³/mol. The van der Waals surface area contributed by atoms with E-state index < -0.39 is 23.2 Å². The fraction of sp³-hybridized carbons (Fsp3) is 0.300. The molecule has 0 unspecified atom stereocenters. The predicted octanol–water partition coefficient (Wildman–Crippen LogP) is 3.55. The largest absolute Gasteiger partial charge is 0.338 e. The van der Waals surface area contributed by atoms with Gasteiger partial charge in [0.15, 0.2) is 0 Å². The van der Waals surface area contributed by atoms with Crippen LogP contribution in [0, 0.1) is 22.6 Å². The lowest BCUT2D eigenvalue weighted by molar-refractivity contribution is -0.140. The zero-order chi connectivity index (χ0) is 20.8. The minimum Gasteiger partial charge on any atom is -0.338 e. The Morgan fingerprint density at radius 2 is 2.03 bits per heavy atom. The summed E-state index contributed by atoms with van der Waals surface area (Å²) in [6, 6.07) is 7.36. The van der Waals surface area contributed by atoms with E-state index in [9.17, 15) is 18.0 Å². The fourth-order valence-corrected chi connectivity index (χ4v) is 3.40. The number of aromatic nitrogens is 3. The Bertz CT molecular complexity index is 1140. The summed E-state index contributed by atoms with van der Waals surface area (Å²) in [4.78, 5) is 18.3. The third kappa shape index (κ3) is 3.42. The molecule has 148 valence electrons. The number of benzene rings is 1. The summed E-state index contributed by atoms with van der Waals surface area (Å²) < 4.78 is 41.0. The quantitative estimate of drug-likeness (QED) is 0.673. The van der Waals surface area contributed by atoms with E-state index in [-0.39, 0.29) is 12.5 Å². The van der Waals surface area contributed by atoms with E-state index in [4.69, 9.17) is 5.26 Å². The van der Waals surface area contributed by atoms with Crippen LogP contribution in [0.5, 0.6) is 0 Å². The minimum absolute atomic E-state index is 0.0259. The van der Waals surface area contributed by atoms with E-state index in [2.05, 4.69) is 16.2 Å². The number of likely N-dealkylation sites (tertiary alicyclic amines) is 1. The van der Waals surface area contributed by atoms with Crippen molar-refractivity contribution >= 4 is 16.9 Å². The highest BCUT2D eigenvalue weighted by atomic mass is 19.3. The summed E-state index contributed by atoms with van der Waals surface area (Å²) in [6.45, 7) is 2.52. The normalized spacial score (nSPS) is 15.4. The van der Waals surface area contributed by atoms with Crippen molar-refractivity contribution in [1.29, 1.82) is 5.26 Å². The van der Waals surface area contributed by atoms with Crippen LogP contribution in [0.2, 0.25) is 0 Å². The molecule has 0 saturated carbocycles. The number of halogens is 3. The Kier molecular flexibility index (Phi) is 4.49. The highest BCUT2D eigenvalue weighted by Gasteiger charge is 2.41. The van der Waals surface area contributed by atoms with E-state index in [0.29, 0.717) is 35.2 Å². The molecule has 4 rings (SSSR count). The molecule has 0 N–H and O–H groups in total. The molecule has 1 aromatic carbocycles. The average molecular weight is 399 g/mol. The summed E-state index contributed by atoms with van der Waals surface area (Å²) in [5.41, 5.74) is 0.814. The van der Waals surface area contributed by atoms with Gasteiger partial charge in [-0.2, -0.15) is 10.4 Å². The molecule has 29 heavy (non-hydrogen) atoms. The number of pyridine rings is 1. The van der Waals surface area contributed by atoms with Crippen molar-refractivity contribution in [2.75, 3.05) is 13.1 Å². The van der Waals surface area contributed by atoms with Crippen LogP contribution in [0.15, 0.2) is 36.7 Å². The lowest BCUT2D eigenvalue weighted by Crippen LogP contribution is -2.57. The van der Waals surface area contributed by atoms with E-state index >= 15 is 0 Å². The van der Waals surface area contributed by atoms with Crippen LogP contribution < -0.4 is 0 Å². The Balaban J connectivity index is 1.61. The molecule has 1 saturated heterocycles. The number of carbonyl (C=O) groups excluding carboxylic acids is 1. The van der Waals surface area contributed by atoms with Crippen LogP contribution in [-0.4, -0.2) is 38.7 Å². The van der Waals surface area contributed by atoms with Crippen LogP contribution in [-0.2, 0) is 11.3 Å². The summed E-state index contributed by atoms with van der Waals surface area (Å²) in [5.74, 6) is -1.14. The molecular weight excluding hydrogens is 383 g/mol. The van der Waals surface area contributed by atoms with Gasteiger partial charge in [0.1, 0.15) is 17.9 Å². The maximum absolute atomic E-state index is 13.6. The number of amides is 1. The Labute approximate surface area is 164 Å². The average Bonchev–Trinajstić information content (AvgIpc) is 3.07. The first-order valence-corrected chi connectivity index (χ1v) is 8.88. The van der Waals surface area contributed by atoms with Crippen molar-refractivity contribution in [3.63, 3.8) is 0 Å². The molecular formula is C20H16F3N5O. The summed E-state index contributed by atoms with van der Waals surface area (Å²) in [7, 11) is 0. The van der Waals surface area contributed by atoms with Gasteiger partial charge in [-0.3, -0.25) is 14.5 Å². The second-order valence-electron chi connectivity index (χ2n) is 7.39. The van der Waals surface area contributed by atoms with Crippen LogP contribution in [0.1, 0.15) is 18.9 Å².